The van der Waals surface area contributed by atoms with E-state index in [0.29, 0.717) is 43.0 Å². The molecule has 0 spiro atoms. The molecule has 0 bridgehead atoms. The second kappa shape index (κ2) is 8.39. The van der Waals surface area contributed by atoms with Crippen LogP contribution in [0.15, 0.2) is 45.8 Å². The number of anilines is 1. The SMILES string of the molecule is CCOc1ccc(Br)cc1S(=O)(=O)N1CCN(c2ccc(C)c(Cl)c2)CC1. The van der Waals surface area contributed by atoms with Crippen molar-refractivity contribution < 1.29 is 13.2 Å². The number of nitrogens with zero attached hydrogens (tertiary/aromatic N) is 2. The van der Waals surface area contributed by atoms with E-state index < -0.39 is 10.0 Å². The van der Waals surface area contributed by atoms with E-state index >= 15 is 0 Å². The number of halogens is 2. The summed E-state index contributed by atoms with van der Waals surface area (Å²) in [6, 6.07) is 11.0. The maximum atomic E-state index is 13.2. The molecule has 8 heteroatoms. The molecular weight excluding hydrogens is 452 g/mol. The molecule has 0 saturated carbocycles. The smallest absolute Gasteiger partial charge is 0.246 e. The summed E-state index contributed by atoms with van der Waals surface area (Å²) in [5.41, 5.74) is 2.04. The summed E-state index contributed by atoms with van der Waals surface area (Å²) in [6.45, 7) is 6.24. The summed E-state index contributed by atoms with van der Waals surface area (Å²) >= 11 is 9.58. The summed E-state index contributed by atoms with van der Waals surface area (Å²) in [7, 11) is -3.63. The quantitative estimate of drug-likeness (QED) is 0.649. The van der Waals surface area contributed by atoms with Crippen LogP contribution in [0, 0.1) is 6.92 Å². The predicted octanol–water partition coefficient (Wildman–Crippen LogP) is 4.32. The Kier molecular flexibility index (Phi) is 6.35. The molecule has 5 nitrogen and oxygen atoms in total. The zero-order valence-corrected chi connectivity index (χ0v) is 18.4. The van der Waals surface area contributed by atoms with Gasteiger partial charge in [0.2, 0.25) is 10.0 Å². The fourth-order valence-electron chi connectivity index (χ4n) is 3.06. The number of hydrogen-bond donors (Lipinski definition) is 0. The number of hydrogen-bond acceptors (Lipinski definition) is 4. The molecule has 1 heterocycles. The van der Waals surface area contributed by atoms with E-state index in [1.54, 1.807) is 18.2 Å². The highest BCUT2D eigenvalue weighted by Gasteiger charge is 2.31. The summed E-state index contributed by atoms with van der Waals surface area (Å²) in [6.07, 6.45) is 0. The first-order chi connectivity index (χ1) is 12.8. The van der Waals surface area contributed by atoms with E-state index in [-0.39, 0.29) is 4.90 Å². The van der Waals surface area contributed by atoms with Gasteiger partial charge in [0.25, 0.3) is 0 Å². The van der Waals surface area contributed by atoms with Gasteiger partial charge in [0, 0.05) is 41.4 Å². The molecule has 1 fully saturated rings. The molecule has 0 unspecified atom stereocenters. The maximum absolute atomic E-state index is 13.2. The Morgan fingerprint density at radius 3 is 2.44 bits per heavy atom. The van der Waals surface area contributed by atoms with Crippen molar-refractivity contribution in [2.75, 3.05) is 37.7 Å². The average molecular weight is 474 g/mol. The van der Waals surface area contributed by atoms with Crippen molar-refractivity contribution in [2.24, 2.45) is 0 Å². The minimum atomic E-state index is -3.63. The van der Waals surface area contributed by atoms with Crippen LogP contribution in [0.25, 0.3) is 0 Å². The normalized spacial score (nSPS) is 15.8. The van der Waals surface area contributed by atoms with Crippen LogP contribution >= 0.6 is 27.5 Å². The molecule has 0 aliphatic carbocycles. The minimum Gasteiger partial charge on any atom is -0.492 e. The van der Waals surface area contributed by atoms with Gasteiger partial charge in [-0.15, -0.1) is 0 Å². The maximum Gasteiger partial charge on any atom is 0.246 e. The van der Waals surface area contributed by atoms with Gasteiger partial charge >= 0.3 is 0 Å². The van der Waals surface area contributed by atoms with Crippen molar-refractivity contribution in [3.63, 3.8) is 0 Å². The Bertz CT molecular complexity index is 929. The van der Waals surface area contributed by atoms with Gasteiger partial charge in [0.05, 0.1) is 6.61 Å². The standard InChI is InChI=1S/C19H22BrClN2O3S/c1-3-26-18-7-5-15(20)12-19(18)27(24,25)23-10-8-22(9-11-23)16-6-4-14(2)17(21)13-16/h4-7,12-13H,3,8-11H2,1-2H3. The van der Waals surface area contributed by atoms with E-state index in [2.05, 4.69) is 20.8 Å². The number of aryl methyl sites for hydroxylation is 1. The Labute approximate surface area is 174 Å². The van der Waals surface area contributed by atoms with E-state index in [1.165, 1.54) is 4.31 Å². The van der Waals surface area contributed by atoms with Crippen LogP contribution in [0.2, 0.25) is 5.02 Å². The van der Waals surface area contributed by atoms with Crippen molar-refractivity contribution >= 4 is 43.2 Å². The molecule has 27 heavy (non-hydrogen) atoms. The van der Waals surface area contributed by atoms with Gasteiger partial charge in [-0.3, -0.25) is 0 Å². The molecule has 0 radical (unpaired) electrons. The highest BCUT2D eigenvalue weighted by atomic mass is 79.9. The highest BCUT2D eigenvalue weighted by molar-refractivity contribution is 9.10. The van der Waals surface area contributed by atoms with Gasteiger partial charge < -0.3 is 9.64 Å². The van der Waals surface area contributed by atoms with Crippen molar-refractivity contribution in [3.05, 3.63) is 51.5 Å². The highest BCUT2D eigenvalue weighted by Crippen LogP contribution is 2.31. The minimum absolute atomic E-state index is 0.200. The second-order valence-corrected chi connectivity index (χ2v) is 9.58. The number of ether oxygens (including phenoxy) is 1. The van der Waals surface area contributed by atoms with Crippen molar-refractivity contribution in [3.8, 4) is 5.75 Å². The van der Waals surface area contributed by atoms with Crippen molar-refractivity contribution in [1.82, 2.24) is 4.31 Å². The first kappa shape index (κ1) is 20.5. The fraction of sp³-hybridized carbons (Fsp3) is 0.368. The van der Waals surface area contributed by atoms with Crippen molar-refractivity contribution in [1.29, 1.82) is 0 Å². The summed E-state index contributed by atoms with van der Waals surface area (Å²) in [5.74, 6) is 0.383. The first-order valence-corrected chi connectivity index (χ1v) is 11.4. The lowest BCUT2D eigenvalue weighted by Gasteiger charge is -2.35. The monoisotopic (exact) mass is 472 g/mol. The molecule has 1 aliphatic heterocycles. The number of benzene rings is 2. The van der Waals surface area contributed by atoms with Crippen LogP contribution in [-0.2, 0) is 10.0 Å². The molecule has 0 N–H and O–H groups in total. The van der Waals surface area contributed by atoms with E-state index in [4.69, 9.17) is 16.3 Å². The molecule has 146 valence electrons. The molecule has 1 saturated heterocycles. The molecular formula is C19H22BrClN2O3S. The molecule has 0 atom stereocenters. The van der Waals surface area contributed by atoms with Gasteiger partial charge in [0.15, 0.2) is 0 Å². The van der Waals surface area contributed by atoms with Gasteiger partial charge in [0.1, 0.15) is 10.6 Å². The van der Waals surface area contributed by atoms with E-state index in [1.807, 2.05) is 32.0 Å². The van der Waals surface area contributed by atoms with E-state index in [0.717, 1.165) is 16.3 Å². The predicted molar refractivity (Wildman–Crippen MR) is 112 cm³/mol. The molecule has 1 aliphatic rings. The Morgan fingerprint density at radius 2 is 1.81 bits per heavy atom. The van der Waals surface area contributed by atoms with Gasteiger partial charge in [-0.25, -0.2) is 8.42 Å². The van der Waals surface area contributed by atoms with Crippen LogP contribution in [0.4, 0.5) is 5.69 Å². The van der Waals surface area contributed by atoms with Crippen LogP contribution in [-0.4, -0.2) is 45.5 Å². The molecule has 2 aromatic rings. The van der Waals surface area contributed by atoms with Gasteiger partial charge in [-0.1, -0.05) is 33.6 Å². The summed E-state index contributed by atoms with van der Waals surface area (Å²) in [5, 5.41) is 0.720. The lowest BCUT2D eigenvalue weighted by Crippen LogP contribution is -2.48. The van der Waals surface area contributed by atoms with Crippen LogP contribution < -0.4 is 9.64 Å². The first-order valence-electron chi connectivity index (χ1n) is 8.76. The third kappa shape index (κ3) is 4.42. The lowest BCUT2D eigenvalue weighted by atomic mass is 10.2. The Hall–Kier alpha value is -1.28. The molecule has 2 aromatic carbocycles. The Balaban J connectivity index is 1.79. The van der Waals surface area contributed by atoms with Crippen molar-refractivity contribution in [2.45, 2.75) is 18.7 Å². The number of sulfonamides is 1. The number of rotatable bonds is 5. The van der Waals surface area contributed by atoms with Crippen LogP contribution in [0.5, 0.6) is 5.75 Å². The zero-order valence-electron chi connectivity index (χ0n) is 15.3. The third-order valence-electron chi connectivity index (χ3n) is 4.58. The molecule has 3 rings (SSSR count). The largest absolute Gasteiger partial charge is 0.492 e. The van der Waals surface area contributed by atoms with Crippen LogP contribution in [0.3, 0.4) is 0 Å². The number of piperazine rings is 1. The zero-order chi connectivity index (χ0) is 19.6. The van der Waals surface area contributed by atoms with E-state index in [9.17, 15) is 8.42 Å². The third-order valence-corrected chi connectivity index (χ3v) is 7.40. The van der Waals surface area contributed by atoms with Gasteiger partial charge in [-0.05, 0) is 49.7 Å². The molecule has 0 amide bonds. The van der Waals surface area contributed by atoms with Gasteiger partial charge in [-0.2, -0.15) is 4.31 Å². The fourth-order valence-corrected chi connectivity index (χ4v) is 5.33. The second-order valence-electron chi connectivity index (χ2n) is 6.35. The van der Waals surface area contributed by atoms with Crippen LogP contribution in [0.1, 0.15) is 12.5 Å². The Morgan fingerprint density at radius 1 is 1.11 bits per heavy atom. The topological polar surface area (TPSA) is 49.9 Å². The average Bonchev–Trinajstić information content (AvgIpc) is 2.65. The molecule has 0 aromatic heterocycles. The lowest BCUT2D eigenvalue weighted by molar-refractivity contribution is 0.327. The summed E-state index contributed by atoms with van der Waals surface area (Å²) in [4.78, 5) is 2.35. The summed E-state index contributed by atoms with van der Waals surface area (Å²) < 4.78 is 34.1.